The van der Waals surface area contributed by atoms with Crippen molar-refractivity contribution in [3.63, 3.8) is 0 Å². The Morgan fingerprint density at radius 1 is 1.50 bits per heavy atom. The molecular formula is C11H23N. The molecule has 1 saturated carbocycles. The molecule has 0 aliphatic heterocycles. The quantitative estimate of drug-likeness (QED) is 0.690. The lowest BCUT2D eigenvalue weighted by atomic mass is 9.87. The minimum Gasteiger partial charge on any atom is -0.325 e. The van der Waals surface area contributed by atoms with Crippen LogP contribution in [0.5, 0.6) is 0 Å². The molecule has 0 aromatic heterocycles. The van der Waals surface area contributed by atoms with Gasteiger partial charge in [-0.05, 0) is 37.5 Å². The Labute approximate surface area is 76.7 Å². The SMILES string of the molecule is CCC1CCC(N)(CC(C)C)C1. The van der Waals surface area contributed by atoms with Crippen LogP contribution in [-0.2, 0) is 0 Å². The van der Waals surface area contributed by atoms with Gasteiger partial charge in [0.05, 0.1) is 0 Å². The van der Waals surface area contributed by atoms with E-state index in [1.165, 1.54) is 32.1 Å². The highest BCUT2D eigenvalue weighted by Crippen LogP contribution is 2.38. The summed E-state index contributed by atoms with van der Waals surface area (Å²) in [5.41, 5.74) is 6.52. The standard InChI is InChI=1S/C11H23N/c1-4-10-5-6-11(12,8-10)7-9(2)3/h9-10H,4-8,12H2,1-3H3. The molecule has 0 saturated heterocycles. The molecule has 1 heteroatoms. The van der Waals surface area contributed by atoms with Gasteiger partial charge in [0, 0.05) is 5.54 Å². The molecule has 0 spiro atoms. The van der Waals surface area contributed by atoms with Crippen LogP contribution in [0, 0.1) is 11.8 Å². The maximum Gasteiger partial charge on any atom is 0.0159 e. The first-order valence-corrected chi connectivity index (χ1v) is 5.34. The Bertz CT molecular complexity index is 142. The van der Waals surface area contributed by atoms with Crippen LogP contribution in [0.4, 0.5) is 0 Å². The molecule has 1 aliphatic rings. The largest absolute Gasteiger partial charge is 0.325 e. The molecule has 1 rings (SSSR count). The summed E-state index contributed by atoms with van der Waals surface area (Å²) >= 11 is 0. The van der Waals surface area contributed by atoms with Crippen molar-refractivity contribution in [1.29, 1.82) is 0 Å². The summed E-state index contributed by atoms with van der Waals surface area (Å²) in [6.45, 7) is 6.83. The first-order valence-electron chi connectivity index (χ1n) is 5.34. The summed E-state index contributed by atoms with van der Waals surface area (Å²) in [5, 5.41) is 0. The number of hydrogen-bond donors (Lipinski definition) is 1. The van der Waals surface area contributed by atoms with E-state index in [0.29, 0.717) is 0 Å². The van der Waals surface area contributed by atoms with Gasteiger partial charge in [-0.3, -0.25) is 0 Å². The molecule has 0 aromatic rings. The van der Waals surface area contributed by atoms with Crippen LogP contribution < -0.4 is 5.73 Å². The fourth-order valence-electron chi connectivity index (χ4n) is 2.62. The summed E-state index contributed by atoms with van der Waals surface area (Å²) in [6.07, 6.45) is 6.41. The zero-order chi connectivity index (χ0) is 9.19. The summed E-state index contributed by atoms with van der Waals surface area (Å²) in [5.74, 6) is 1.67. The molecule has 0 heterocycles. The molecule has 0 radical (unpaired) electrons. The third kappa shape index (κ3) is 2.48. The van der Waals surface area contributed by atoms with Gasteiger partial charge in [0.2, 0.25) is 0 Å². The van der Waals surface area contributed by atoms with Crippen LogP contribution in [0.2, 0.25) is 0 Å². The van der Waals surface area contributed by atoms with Gasteiger partial charge in [-0.25, -0.2) is 0 Å². The third-order valence-corrected chi connectivity index (χ3v) is 3.14. The predicted molar refractivity (Wildman–Crippen MR) is 54.0 cm³/mol. The van der Waals surface area contributed by atoms with Crippen molar-refractivity contribution in [1.82, 2.24) is 0 Å². The van der Waals surface area contributed by atoms with Crippen molar-refractivity contribution in [2.45, 2.75) is 58.4 Å². The van der Waals surface area contributed by atoms with Crippen LogP contribution in [0.3, 0.4) is 0 Å². The van der Waals surface area contributed by atoms with Crippen LogP contribution in [0.15, 0.2) is 0 Å². The van der Waals surface area contributed by atoms with Gasteiger partial charge < -0.3 is 5.73 Å². The maximum atomic E-state index is 6.33. The van der Waals surface area contributed by atoms with Crippen molar-refractivity contribution < 1.29 is 0 Å². The topological polar surface area (TPSA) is 26.0 Å². The zero-order valence-electron chi connectivity index (χ0n) is 8.77. The highest BCUT2D eigenvalue weighted by Gasteiger charge is 2.34. The fourth-order valence-corrected chi connectivity index (χ4v) is 2.62. The fraction of sp³-hybridized carbons (Fsp3) is 1.00. The van der Waals surface area contributed by atoms with Crippen LogP contribution >= 0.6 is 0 Å². The number of rotatable bonds is 3. The number of hydrogen-bond acceptors (Lipinski definition) is 1. The first-order chi connectivity index (χ1) is 5.56. The van der Waals surface area contributed by atoms with Crippen molar-refractivity contribution in [2.24, 2.45) is 17.6 Å². The zero-order valence-corrected chi connectivity index (χ0v) is 8.77. The minimum absolute atomic E-state index is 0.189. The lowest BCUT2D eigenvalue weighted by Gasteiger charge is -2.26. The number of nitrogens with two attached hydrogens (primary N) is 1. The molecule has 2 N–H and O–H groups in total. The Balaban J connectivity index is 2.41. The maximum absolute atomic E-state index is 6.33. The smallest absolute Gasteiger partial charge is 0.0159 e. The van der Waals surface area contributed by atoms with Crippen molar-refractivity contribution >= 4 is 0 Å². The molecular weight excluding hydrogens is 146 g/mol. The highest BCUT2D eigenvalue weighted by molar-refractivity contribution is 4.93. The first kappa shape index (κ1) is 10.0. The van der Waals surface area contributed by atoms with Gasteiger partial charge >= 0.3 is 0 Å². The average molecular weight is 169 g/mol. The van der Waals surface area contributed by atoms with E-state index < -0.39 is 0 Å². The second kappa shape index (κ2) is 3.78. The highest BCUT2D eigenvalue weighted by atomic mass is 14.8. The summed E-state index contributed by atoms with van der Waals surface area (Å²) in [6, 6.07) is 0. The van der Waals surface area contributed by atoms with E-state index in [1.54, 1.807) is 0 Å². The molecule has 1 aliphatic carbocycles. The van der Waals surface area contributed by atoms with Crippen LogP contribution in [0.1, 0.15) is 52.9 Å². The second-order valence-electron chi connectivity index (χ2n) is 4.98. The van der Waals surface area contributed by atoms with Gasteiger partial charge in [-0.2, -0.15) is 0 Å². The molecule has 0 amide bonds. The van der Waals surface area contributed by atoms with Crippen molar-refractivity contribution in [2.75, 3.05) is 0 Å². The molecule has 12 heavy (non-hydrogen) atoms. The van der Waals surface area contributed by atoms with E-state index >= 15 is 0 Å². The Morgan fingerprint density at radius 3 is 2.58 bits per heavy atom. The van der Waals surface area contributed by atoms with E-state index in [0.717, 1.165) is 11.8 Å². The van der Waals surface area contributed by atoms with E-state index in [4.69, 9.17) is 5.73 Å². The minimum atomic E-state index is 0.189. The van der Waals surface area contributed by atoms with Gasteiger partial charge in [0.25, 0.3) is 0 Å². The molecule has 1 nitrogen and oxygen atoms in total. The lowest BCUT2D eigenvalue weighted by molar-refractivity contribution is 0.334. The molecule has 0 bridgehead atoms. The van der Waals surface area contributed by atoms with Crippen LogP contribution in [-0.4, -0.2) is 5.54 Å². The summed E-state index contributed by atoms with van der Waals surface area (Å²) < 4.78 is 0. The molecule has 2 atom stereocenters. The molecule has 1 fully saturated rings. The monoisotopic (exact) mass is 169 g/mol. The Morgan fingerprint density at radius 2 is 2.17 bits per heavy atom. The van der Waals surface area contributed by atoms with Crippen molar-refractivity contribution in [3.05, 3.63) is 0 Å². The van der Waals surface area contributed by atoms with E-state index in [9.17, 15) is 0 Å². The Hall–Kier alpha value is -0.0400. The molecule has 2 unspecified atom stereocenters. The summed E-state index contributed by atoms with van der Waals surface area (Å²) in [4.78, 5) is 0. The third-order valence-electron chi connectivity index (χ3n) is 3.14. The van der Waals surface area contributed by atoms with Crippen LogP contribution in [0.25, 0.3) is 0 Å². The molecule has 72 valence electrons. The van der Waals surface area contributed by atoms with Gasteiger partial charge in [-0.1, -0.05) is 27.2 Å². The van der Waals surface area contributed by atoms with Gasteiger partial charge in [0.1, 0.15) is 0 Å². The van der Waals surface area contributed by atoms with Gasteiger partial charge in [-0.15, -0.1) is 0 Å². The van der Waals surface area contributed by atoms with E-state index in [-0.39, 0.29) is 5.54 Å². The average Bonchev–Trinajstić information content (AvgIpc) is 2.30. The predicted octanol–water partition coefficient (Wildman–Crippen LogP) is 2.94. The van der Waals surface area contributed by atoms with Gasteiger partial charge in [0.15, 0.2) is 0 Å². The lowest BCUT2D eigenvalue weighted by Crippen LogP contribution is -2.38. The Kier molecular flexibility index (Phi) is 3.16. The summed E-state index contributed by atoms with van der Waals surface area (Å²) in [7, 11) is 0. The van der Waals surface area contributed by atoms with Crippen molar-refractivity contribution in [3.8, 4) is 0 Å². The van der Waals surface area contributed by atoms with E-state index in [1.807, 2.05) is 0 Å². The van der Waals surface area contributed by atoms with E-state index in [2.05, 4.69) is 20.8 Å². The second-order valence-corrected chi connectivity index (χ2v) is 4.98. The normalized spacial score (nSPS) is 36.2. The molecule has 0 aromatic carbocycles.